The second-order valence-corrected chi connectivity index (χ2v) is 4.08. The monoisotopic (exact) mass is 261 g/mol. The zero-order valence-electron chi connectivity index (χ0n) is 10.8. The normalized spacial score (nSPS) is 10.4. The van der Waals surface area contributed by atoms with Crippen molar-refractivity contribution in [3.63, 3.8) is 0 Å². The van der Waals surface area contributed by atoms with Crippen molar-refractivity contribution in [2.75, 3.05) is 14.2 Å². The molecule has 19 heavy (non-hydrogen) atoms. The number of ether oxygens (including phenoxy) is 2. The molecule has 0 unspecified atom stereocenters. The van der Waals surface area contributed by atoms with E-state index >= 15 is 0 Å². The number of methoxy groups -OCH3 is 2. The number of hydrogen-bond acceptors (Lipinski definition) is 4. The Labute approximate surface area is 110 Å². The summed E-state index contributed by atoms with van der Waals surface area (Å²) in [5.74, 6) is 0.331. The van der Waals surface area contributed by atoms with E-state index < -0.39 is 5.97 Å². The van der Waals surface area contributed by atoms with Crippen LogP contribution in [0, 0.1) is 0 Å². The Hall–Kier alpha value is -2.30. The smallest absolute Gasteiger partial charge is 0.303 e. The molecule has 1 heterocycles. The largest absolute Gasteiger partial charge is 0.493 e. The number of aliphatic carboxylic acids is 1. The van der Waals surface area contributed by atoms with E-state index in [-0.39, 0.29) is 6.42 Å². The number of fused-ring (bicyclic) bond motifs is 1. The summed E-state index contributed by atoms with van der Waals surface area (Å²) < 4.78 is 10.7. The summed E-state index contributed by atoms with van der Waals surface area (Å²) >= 11 is 0. The lowest BCUT2D eigenvalue weighted by molar-refractivity contribution is -0.136. The van der Waals surface area contributed by atoms with Crippen molar-refractivity contribution >= 4 is 16.7 Å². The lowest BCUT2D eigenvalue weighted by Crippen LogP contribution is -2.02. The van der Waals surface area contributed by atoms with Gasteiger partial charge in [0.1, 0.15) is 0 Å². The summed E-state index contributed by atoms with van der Waals surface area (Å²) in [6.45, 7) is 0. The van der Waals surface area contributed by atoms with Crippen LogP contribution in [-0.2, 0) is 11.2 Å². The molecule has 1 N–H and O–H groups in total. The molecular formula is C14H15NO4. The quantitative estimate of drug-likeness (QED) is 0.894. The van der Waals surface area contributed by atoms with Gasteiger partial charge >= 0.3 is 5.97 Å². The highest BCUT2D eigenvalue weighted by Gasteiger charge is 2.15. The van der Waals surface area contributed by atoms with Gasteiger partial charge in [-0.3, -0.25) is 9.78 Å². The number of aryl methyl sites for hydroxylation is 1. The van der Waals surface area contributed by atoms with Crippen molar-refractivity contribution in [3.05, 3.63) is 30.1 Å². The Balaban J connectivity index is 2.63. The van der Waals surface area contributed by atoms with Gasteiger partial charge in [-0.2, -0.15) is 0 Å². The summed E-state index contributed by atoms with van der Waals surface area (Å²) in [6, 6.07) is 3.69. The van der Waals surface area contributed by atoms with Gasteiger partial charge in [-0.05, 0) is 23.9 Å². The Morgan fingerprint density at radius 2 is 2.16 bits per heavy atom. The minimum absolute atomic E-state index is 0.0426. The lowest BCUT2D eigenvalue weighted by Gasteiger charge is -2.15. The summed E-state index contributed by atoms with van der Waals surface area (Å²) in [5, 5.41) is 10.7. The second kappa shape index (κ2) is 5.56. The molecule has 0 bridgehead atoms. The molecule has 0 aliphatic carbocycles. The van der Waals surface area contributed by atoms with E-state index in [4.69, 9.17) is 14.6 Å². The highest BCUT2D eigenvalue weighted by Crippen LogP contribution is 2.37. The molecule has 0 fully saturated rings. The Bertz CT molecular complexity index is 610. The molecule has 0 aliphatic rings. The van der Waals surface area contributed by atoms with Gasteiger partial charge in [-0.1, -0.05) is 0 Å². The topological polar surface area (TPSA) is 68.7 Å². The molecule has 2 rings (SSSR count). The first-order valence-corrected chi connectivity index (χ1v) is 5.86. The third-order valence-electron chi connectivity index (χ3n) is 2.97. The van der Waals surface area contributed by atoms with E-state index in [1.54, 1.807) is 26.6 Å². The number of benzene rings is 1. The molecule has 5 nitrogen and oxygen atoms in total. The number of carboxylic acid groups (broad SMARTS) is 1. The third-order valence-corrected chi connectivity index (χ3v) is 2.97. The first kappa shape index (κ1) is 13.1. The SMILES string of the molecule is COc1cc2cnccc2c(CCC(=O)O)c1OC. The second-order valence-electron chi connectivity index (χ2n) is 4.08. The summed E-state index contributed by atoms with van der Waals surface area (Å²) in [7, 11) is 3.11. The van der Waals surface area contributed by atoms with E-state index in [9.17, 15) is 4.79 Å². The maximum Gasteiger partial charge on any atom is 0.303 e. The molecule has 0 atom stereocenters. The molecule has 0 aliphatic heterocycles. The van der Waals surface area contributed by atoms with Gasteiger partial charge in [0.2, 0.25) is 0 Å². The van der Waals surface area contributed by atoms with Crippen molar-refractivity contribution in [1.29, 1.82) is 0 Å². The van der Waals surface area contributed by atoms with Crippen molar-refractivity contribution in [3.8, 4) is 11.5 Å². The molecule has 0 saturated heterocycles. The number of pyridine rings is 1. The van der Waals surface area contributed by atoms with Gasteiger partial charge in [-0.15, -0.1) is 0 Å². The van der Waals surface area contributed by atoms with Crippen molar-refractivity contribution < 1.29 is 19.4 Å². The number of aromatic nitrogens is 1. The van der Waals surface area contributed by atoms with Crippen LogP contribution in [0.1, 0.15) is 12.0 Å². The van der Waals surface area contributed by atoms with Gasteiger partial charge in [0, 0.05) is 29.8 Å². The van der Waals surface area contributed by atoms with Crippen molar-refractivity contribution in [2.45, 2.75) is 12.8 Å². The number of hydrogen-bond donors (Lipinski definition) is 1. The zero-order valence-corrected chi connectivity index (χ0v) is 10.8. The van der Waals surface area contributed by atoms with Gasteiger partial charge in [0.25, 0.3) is 0 Å². The predicted octanol–water partition coefficient (Wildman–Crippen LogP) is 2.27. The van der Waals surface area contributed by atoms with Crippen LogP contribution in [0.5, 0.6) is 11.5 Å². The molecule has 100 valence electrons. The fourth-order valence-corrected chi connectivity index (χ4v) is 2.13. The molecular weight excluding hydrogens is 246 g/mol. The standard InChI is InChI=1S/C14H15NO4/c1-18-12-7-9-8-15-6-5-10(9)11(14(12)19-2)3-4-13(16)17/h5-8H,3-4H2,1-2H3,(H,16,17). The third kappa shape index (κ3) is 2.59. The van der Waals surface area contributed by atoms with E-state index in [1.807, 2.05) is 12.1 Å². The minimum atomic E-state index is -0.841. The molecule has 2 aromatic rings. The first-order valence-electron chi connectivity index (χ1n) is 5.86. The highest BCUT2D eigenvalue weighted by molar-refractivity contribution is 5.89. The average molecular weight is 261 g/mol. The van der Waals surface area contributed by atoms with Gasteiger partial charge < -0.3 is 14.6 Å². The van der Waals surface area contributed by atoms with Gasteiger partial charge in [0.05, 0.1) is 14.2 Å². The maximum atomic E-state index is 10.8. The Morgan fingerprint density at radius 1 is 1.37 bits per heavy atom. The maximum absolute atomic E-state index is 10.8. The van der Waals surface area contributed by atoms with Crippen LogP contribution in [0.3, 0.4) is 0 Å². The lowest BCUT2D eigenvalue weighted by atomic mass is 10.0. The average Bonchev–Trinajstić information content (AvgIpc) is 2.43. The van der Waals surface area contributed by atoms with Gasteiger partial charge in [0.15, 0.2) is 11.5 Å². The fourth-order valence-electron chi connectivity index (χ4n) is 2.13. The van der Waals surface area contributed by atoms with Crippen LogP contribution in [0.2, 0.25) is 0 Å². The summed E-state index contributed by atoms with van der Waals surface area (Å²) in [4.78, 5) is 14.8. The van der Waals surface area contributed by atoms with E-state index in [0.29, 0.717) is 17.9 Å². The van der Waals surface area contributed by atoms with Crippen LogP contribution < -0.4 is 9.47 Å². The predicted molar refractivity (Wildman–Crippen MR) is 70.8 cm³/mol. The molecule has 1 aromatic carbocycles. The molecule has 1 aromatic heterocycles. The van der Waals surface area contributed by atoms with Crippen LogP contribution in [0.15, 0.2) is 24.5 Å². The minimum Gasteiger partial charge on any atom is -0.493 e. The fraction of sp³-hybridized carbons (Fsp3) is 0.286. The zero-order chi connectivity index (χ0) is 13.8. The number of carboxylic acids is 1. The molecule has 0 spiro atoms. The Morgan fingerprint density at radius 3 is 2.79 bits per heavy atom. The first-order chi connectivity index (χ1) is 9.17. The van der Waals surface area contributed by atoms with Gasteiger partial charge in [-0.25, -0.2) is 0 Å². The number of nitrogens with zero attached hydrogens (tertiary/aromatic N) is 1. The molecule has 0 amide bonds. The molecule has 0 radical (unpaired) electrons. The molecule has 5 heteroatoms. The van der Waals surface area contributed by atoms with E-state index in [1.165, 1.54) is 0 Å². The Kier molecular flexibility index (Phi) is 3.85. The molecule has 0 saturated carbocycles. The van der Waals surface area contributed by atoms with E-state index in [0.717, 1.165) is 16.3 Å². The van der Waals surface area contributed by atoms with Crippen molar-refractivity contribution in [1.82, 2.24) is 4.98 Å². The van der Waals surface area contributed by atoms with Crippen molar-refractivity contribution in [2.24, 2.45) is 0 Å². The van der Waals surface area contributed by atoms with Crippen LogP contribution in [0.25, 0.3) is 10.8 Å². The van der Waals surface area contributed by atoms with Crippen LogP contribution in [-0.4, -0.2) is 30.3 Å². The van der Waals surface area contributed by atoms with Crippen LogP contribution in [0.4, 0.5) is 0 Å². The summed E-state index contributed by atoms with van der Waals surface area (Å²) in [5.41, 5.74) is 0.835. The van der Waals surface area contributed by atoms with E-state index in [2.05, 4.69) is 4.98 Å². The number of rotatable bonds is 5. The number of carbonyl (C=O) groups is 1. The highest BCUT2D eigenvalue weighted by atomic mass is 16.5. The summed E-state index contributed by atoms with van der Waals surface area (Å²) in [6.07, 6.45) is 3.83. The van der Waals surface area contributed by atoms with Crippen LogP contribution >= 0.6 is 0 Å².